The van der Waals surface area contributed by atoms with Crippen LogP contribution in [0.25, 0.3) is 0 Å². The smallest absolute Gasteiger partial charge is 0.102 e. The molecule has 0 aromatic rings. The maximum atomic E-state index is 5.73. The Hall–Kier alpha value is 0.320. The first kappa shape index (κ1) is 10.3. The fourth-order valence-corrected chi connectivity index (χ4v) is 0.753. The number of rotatable bonds is 4. The van der Waals surface area contributed by atoms with Gasteiger partial charge in [-0.1, -0.05) is 25.5 Å². The van der Waals surface area contributed by atoms with Crippen LogP contribution in [0.1, 0.15) is 33.1 Å². The molecule has 0 atom stereocenters. The highest BCUT2D eigenvalue weighted by atomic mass is 35.5. The second-order valence-corrected chi connectivity index (χ2v) is 4.40. The molecule has 0 rings (SSSR count). The summed E-state index contributed by atoms with van der Waals surface area (Å²) in [6.07, 6.45) is 7.17. The maximum Gasteiger partial charge on any atom is 0.119 e. The van der Waals surface area contributed by atoms with Crippen LogP contribution >= 0.6 is 23.2 Å². The Labute approximate surface area is 73.2 Å². The lowest BCUT2D eigenvalue weighted by molar-refractivity contribution is 0.870. The molecule has 0 aromatic carbocycles. The molecule has 10 heavy (non-hydrogen) atoms. The highest BCUT2D eigenvalue weighted by molar-refractivity contribution is 6.48. The third-order valence-electron chi connectivity index (χ3n) is 1.10. The molecule has 0 aliphatic heterocycles. The first-order valence-corrected chi connectivity index (χ1v) is 4.34. The van der Waals surface area contributed by atoms with E-state index in [1.807, 2.05) is 6.08 Å². The summed E-state index contributed by atoms with van der Waals surface area (Å²) in [5.74, 6) is 0. The van der Waals surface area contributed by atoms with Gasteiger partial charge in [-0.05, 0) is 19.8 Å². The third-order valence-corrected chi connectivity index (χ3v) is 1.41. The monoisotopic (exact) mass is 180 g/mol. The summed E-state index contributed by atoms with van der Waals surface area (Å²) < 4.78 is -0.593. The predicted octanol–water partition coefficient (Wildman–Crippen LogP) is 3.93. The average Bonchev–Trinajstić information content (AvgIpc) is 1.78. The van der Waals surface area contributed by atoms with Crippen molar-refractivity contribution in [1.82, 2.24) is 0 Å². The minimum Gasteiger partial charge on any atom is -0.102 e. The Morgan fingerprint density at radius 1 is 1.30 bits per heavy atom. The van der Waals surface area contributed by atoms with Gasteiger partial charge in [0.15, 0.2) is 0 Å². The van der Waals surface area contributed by atoms with Gasteiger partial charge in [0.1, 0.15) is 4.33 Å². The first-order valence-electron chi connectivity index (χ1n) is 3.59. The van der Waals surface area contributed by atoms with Crippen LogP contribution in [0.4, 0.5) is 0 Å². The first-order chi connectivity index (χ1) is 4.56. The van der Waals surface area contributed by atoms with Crippen molar-refractivity contribution in [2.45, 2.75) is 37.4 Å². The lowest BCUT2D eigenvalue weighted by Crippen LogP contribution is -2.02. The van der Waals surface area contributed by atoms with Gasteiger partial charge in [0.05, 0.1) is 0 Å². The molecule has 0 N–H and O–H groups in total. The van der Waals surface area contributed by atoms with Crippen molar-refractivity contribution in [2.24, 2.45) is 0 Å². The van der Waals surface area contributed by atoms with Crippen molar-refractivity contribution >= 4 is 23.2 Å². The molecule has 60 valence electrons. The van der Waals surface area contributed by atoms with Crippen LogP contribution in [0.5, 0.6) is 0 Å². The van der Waals surface area contributed by atoms with Gasteiger partial charge in [-0.2, -0.15) is 0 Å². The van der Waals surface area contributed by atoms with Crippen LogP contribution < -0.4 is 0 Å². The molecule has 0 unspecified atom stereocenters. The largest absolute Gasteiger partial charge is 0.119 e. The molecule has 0 amide bonds. The Morgan fingerprint density at radius 2 is 1.90 bits per heavy atom. The maximum absolute atomic E-state index is 5.73. The lowest BCUT2D eigenvalue weighted by atomic mass is 10.2. The molecule has 0 aromatic heterocycles. The average molecular weight is 181 g/mol. The Bertz CT molecular complexity index is 100. The quantitative estimate of drug-likeness (QED) is 0.455. The van der Waals surface area contributed by atoms with Gasteiger partial charge in [-0.15, -0.1) is 23.2 Å². The number of hydrogen-bond acceptors (Lipinski definition) is 0. The summed E-state index contributed by atoms with van der Waals surface area (Å²) in [4.78, 5) is 0. The van der Waals surface area contributed by atoms with Gasteiger partial charge in [0.25, 0.3) is 0 Å². The SMILES string of the molecule is CCCC=CCC(C)(Cl)Cl. The standard InChI is InChI=1S/C8H14Cl2/c1-3-4-5-6-7-8(2,9)10/h5-6H,3-4,7H2,1-2H3. The minimum atomic E-state index is -0.593. The minimum absolute atomic E-state index is 0.593. The molecule has 0 aliphatic rings. The van der Waals surface area contributed by atoms with Gasteiger partial charge in [0, 0.05) is 0 Å². The van der Waals surface area contributed by atoms with Crippen LogP contribution in [-0.2, 0) is 0 Å². The van der Waals surface area contributed by atoms with Crippen molar-refractivity contribution in [3.05, 3.63) is 12.2 Å². The summed E-state index contributed by atoms with van der Waals surface area (Å²) in [5.41, 5.74) is 0. The molecule has 0 fully saturated rings. The fraction of sp³-hybridized carbons (Fsp3) is 0.750. The second kappa shape index (κ2) is 5.03. The zero-order valence-electron chi connectivity index (χ0n) is 6.53. The number of alkyl halides is 2. The van der Waals surface area contributed by atoms with Crippen molar-refractivity contribution in [2.75, 3.05) is 0 Å². The van der Waals surface area contributed by atoms with E-state index >= 15 is 0 Å². The Morgan fingerprint density at radius 3 is 2.30 bits per heavy atom. The van der Waals surface area contributed by atoms with E-state index < -0.39 is 4.33 Å². The van der Waals surface area contributed by atoms with Crippen LogP contribution in [0.15, 0.2) is 12.2 Å². The molecule has 0 saturated carbocycles. The van der Waals surface area contributed by atoms with Gasteiger partial charge in [-0.3, -0.25) is 0 Å². The van der Waals surface area contributed by atoms with E-state index in [4.69, 9.17) is 23.2 Å². The summed E-state index contributed by atoms with van der Waals surface area (Å²) in [7, 11) is 0. The van der Waals surface area contributed by atoms with Gasteiger partial charge in [0.2, 0.25) is 0 Å². The van der Waals surface area contributed by atoms with Crippen molar-refractivity contribution in [3.63, 3.8) is 0 Å². The molecule has 0 radical (unpaired) electrons. The lowest BCUT2D eigenvalue weighted by Gasteiger charge is -2.07. The normalized spacial score (nSPS) is 12.8. The van der Waals surface area contributed by atoms with Crippen LogP contribution in [-0.4, -0.2) is 4.33 Å². The molecule has 0 bridgehead atoms. The highest BCUT2D eigenvalue weighted by Gasteiger charge is 2.12. The molecule has 0 aliphatic carbocycles. The topological polar surface area (TPSA) is 0 Å². The van der Waals surface area contributed by atoms with Crippen LogP contribution in [0, 0.1) is 0 Å². The molecule has 0 nitrogen and oxygen atoms in total. The van der Waals surface area contributed by atoms with Crippen LogP contribution in [0.2, 0.25) is 0 Å². The zero-order chi connectivity index (χ0) is 8.04. The van der Waals surface area contributed by atoms with Crippen LogP contribution in [0.3, 0.4) is 0 Å². The van der Waals surface area contributed by atoms with Gasteiger partial charge in [-0.25, -0.2) is 0 Å². The molecular weight excluding hydrogens is 167 g/mol. The Kier molecular flexibility index (Phi) is 5.20. The van der Waals surface area contributed by atoms with E-state index in [1.165, 1.54) is 6.42 Å². The molecule has 0 saturated heterocycles. The van der Waals surface area contributed by atoms with E-state index in [1.54, 1.807) is 6.92 Å². The number of hydrogen-bond donors (Lipinski definition) is 0. The fourth-order valence-electron chi connectivity index (χ4n) is 0.575. The summed E-state index contributed by atoms with van der Waals surface area (Å²) in [5, 5.41) is 0. The second-order valence-electron chi connectivity index (χ2n) is 2.53. The highest BCUT2D eigenvalue weighted by Crippen LogP contribution is 2.24. The summed E-state index contributed by atoms with van der Waals surface area (Å²) in [6, 6.07) is 0. The number of allylic oxidation sites excluding steroid dienone is 2. The molecule has 0 spiro atoms. The molecule has 2 heteroatoms. The van der Waals surface area contributed by atoms with E-state index in [0.717, 1.165) is 12.8 Å². The van der Waals surface area contributed by atoms with E-state index in [0.29, 0.717) is 0 Å². The molecular formula is C8H14Cl2. The Balaban J connectivity index is 3.34. The van der Waals surface area contributed by atoms with Crippen molar-refractivity contribution in [3.8, 4) is 0 Å². The number of unbranched alkanes of at least 4 members (excludes halogenated alkanes) is 1. The third kappa shape index (κ3) is 8.32. The summed E-state index contributed by atoms with van der Waals surface area (Å²) >= 11 is 11.5. The van der Waals surface area contributed by atoms with E-state index in [9.17, 15) is 0 Å². The van der Waals surface area contributed by atoms with Crippen molar-refractivity contribution in [1.29, 1.82) is 0 Å². The molecule has 0 heterocycles. The van der Waals surface area contributed by atoms with Crippen molar-refractivity contribution < 1.29 is 0 Å². The van der Waals surface area contributed by atoms with E-state index in [-0.39, 0.29) is 0 Å². The van der Waals surface area contributed by atoms with Gasteiger partial charge >= 0.3 is 0 Å². The van der Waals surface area contributed by atoms with E-state index in [2.05, 4.69) is 13.0 Å². The summed E-state index contributed by atoms with van der Waals surface area (Å²) in [6.45, 7) is 3.94. The van der Waals surface area contributed by atoms with Gasteiger partial charge < -0.3 is 0 Å². The zero-order valence-corrected chi connectivity index (χ0v) is 8.04. The predicted molar refractivity (Wildman–Crippen MR) is 48.8 cm³/mol. The number of halogens is 2.